The highest BCUT2D eigenvalue weighted by atomic mass is 32.2. The number of halogens is 1. The Kier molecular flexibility index (Phi) is 6.55. The van der Waals surface area contributed by atoms with Crippen molar-refractivity contribution in [3.8, 4) is 22.9 Å². The molecule has 4 rings (SSSR count). The van der Waals surface area contributed by atoms with E-state index in [1.807, 2.05) is 34.9 Å². The van der Waals surface area contributed by atoms with Gasteiger partial charge in [-0.3, -0.25) is 9.36 Å². The Morgan fingerprint density at radius 2 is 1.97 bits per heavy atom. The van der Waals surface area contributed by atoms with Gasteiger partial charge in [-0.1, -0.05) is 23.9 Å². The average Bonchev–Trinajstić information content (AvgIpc) is 3.48. The van der Waals surface area contributed by atoms with E-state index >= 15 is 0 Å². The molecule has 0 spiro atoms. The summed E-state index contributed by atoms with van der Waals surface area (Å²) < 4.78 is 31.6. The van der Waals surface area contributed by atoms with Crippen molar-refractivity contribution in [2.75, 3.05) is 20.0 Å². The molecule has 0 unspecified atom stereocenters. The topological polar surface area (TPSA) is 79.4 Å². The Bertz CT molecular complexity index is 1220. The largest absolute Gasteiger partial charge is 0.497 e. The first-order valence-electron chi connectivity index (χ1n) is 9.68. The quantitative estimate of drug-likeness (QED) is 0.268. The first-order valence-corrected chi connectivity index (χ1v) is 10.7. The summed E-state index contributed by atoms with van der Waals surface area (Å²) in [5.74, 6) is 1.60. The van der Waals surface area contributed by atoms with Crippen LogP contribution in [0.2, 0.25) is 0 Å². The lowest BCUT2D eigenvalue weighted by Crippen LogP contribution is -2.08. The highest BCUT2D eigenvalue weighted by molar-refractivity contribution is 7.99. The van der Waals surface area contributed by atoms with Crippen LogP contribution in [0.25, 0.3) is 11.4 Å². The number of hydrogen-bond acceptors (Lipinski definition) is 7. The van der Waals surface area contributed by atoms with E-state index in [9.17, 15) is 9.18 Å². The van der Waals surface area contributed by atoms with Crippen LogP contribution in [0.15, 0.2) is 70.4 Å². The molecule has 0 bridgehead atoms. The molecule has 4 aromatic rings. The lowest BCUT2D eigenvalue weighted by Gasteiger charge is -2.10. The maximum absolute atomic E-state index is 13.7. The first kappa shape index (κ1) is 21.6. The fourth-order valence-corrected chi connectivity index (χ4v) is 4.00. The second-order valence-corrected chi connectivity index (χ2v) is 7.70. The Labute approximate surface area is 188 Å². The zero-order valence-electron chi connectivity index (χ0n) is 17.4. The molecule has 164 valence electrons. The molecular weight excluding hydrogens is 433 g/mol. The summed E-state index contributed by atoms with van der Waals surface area (Å²) in [6.07, 6.45) is 1.59. The Morgan fingerprint density at radius 3 is 2.72 bits per heavy atom. The standard InChI is InChI=1S/C23H20FN3O4S/c1-29-17-6-3-5-15(11-17)22-25-26-23(27(22)13-18-7-4-10-31-18)32-14-20(28)19-12-16(24)8-9-21(19)30-2/h3-12H,13-14H2,1-2H3. The SMILES string of the molecule is COc1cccc(-c2nnc(SCC(=O)c3cc(F)ccc3OC)n2Cc2ccco2)c1. The number of benzene rings is 2. The number of hydrogen-bond donors (Lipinski definition) is 0. The van der Waals surface area contributed by atoms with Gasteiger partial charge in [-0.05, 0) is 42.5 Å². The lowest BCUT2D eigenvalue weighted by atomic mass is 10.1. The van der Waals surface area contributed by atoms with E-state index < -0.39 is 5.82 Å². The Balaban J connectivity index is 1.63. The number of carbonyl (C=O) groups excluding carboxylic acids is 1. The van der Waals surface area contributed by atoms with Crippen molar-refractivity contribution < 1.29 is 23.1 Å². The minimum absolute atomic E-state index is 0.0359. The highest BCUT2D eigenvalue weighted by Gasteiger charge is 2.19. The highest BCUT2D eigenvalue weighted by Crippen LogP contribution is 2.29. The van der Waals surface area contributed by atoms with Crippen LogP contribution in [-0.2, 0) is 6.54 Å². The monoisotopic (exact) mass is 453 g/mol. The van der Waals surface area contributed by atoms with Gasteiger partial charge in [0.05, 0.1) is 38.3 Å². The van der Waals surface area contributed by atoms with Crippen LogP contribution in [0.5, 0.6) is 11.5 Å². The maximum Gasteiger partial charge on any atom is 0.192 e. The van der Waals surface area contributed by atoms with Crippen molar-refractivity contribution in [2.45, 2.75) is 11.7 Å². The number of ketones is 1. The number of rotatable bonds is 9. The smallest absolute Gasteiger partial charge is 0.192 e. The van der Waals surface area contributed by atoms with Gasteiger partial charge < -0.3 is 13.9 Å². The average molecular weight is 453 g/mol. The molecule has 0 fully saturated rings. The number of aromatic nitrogens is 3. The van der Waals surface area contributed by atoms with Gasteiger partial charge in [0, 0.05) is 5.56 Å². The van der Waals surface area contributed by atoms with Crippen molar-refractivity contribution in [3.63, 3.8) is 0 Å². The van der Waals surface area contributed by atoms with Crippen molar-refractivity contribution in [1.82, 2.24) is 14.8 Å². The minimum Gasteiger partial charge on any atom is -0.497 e. The van der Waals surface area contributed by atoms with Crippen LogP contribution < -0.4 is 9.47 Å². The van der Waals surface area contributed by atoms with E-state index in [-0.39, 0.29) is 17.1 Å². The maximum atomic E-state index is 13.7. The van der Waals surface area contributed by atoms with Crippen LogP contribution in [0.1, 0.15) is 16.1 Å². The third kappa shape index (κ3) is 4.67. The summed E-state index contributed by atoms with van der Waals surface area (Å²) in [6.45, 7) is 0.381. The molecule has 2 aromatic heterocycles. The van der Waals surface area contributed by atoms with Gasteiger partial charge in [0.2, 0.25) is 0 Å². The van der Waals surface area contributed by atoms with Crippen LogP contribution >= 0.6 is 11.8 Å². The van der Waals surface area contributed by atoms with E-state index in [4.69, 9.17) is 13.9 Å². The zero-order valence-corrected chi connectivity index (χ0v) is 18.3. The van der Waals surface area contributed by atoms with Gasteiger partial charge in [-0.2, -0.15) is 0 Å². The van der Waals surface area contributed by atoms with Gasteiger partial charge in [0.1, 0.15) is 23.1 Å². The van der Waals surface area contributed by atoms with Crippen molar-refractivity contribution in [3.05, 3.63) is 78.0 Å². The van der Waals surface area contributed by atoms with Gasteiger partial charge >= 0.3 is 0 Å². The zero-order chi connectivity index (χ0) is 22.5. The van der Waals surface area contributed by atoms with Gasteiger partial charge in [0.25, 0.3) is 0 Å². The number of furan rings is 1. The van der Waals surface area contributed by atoms with Crippen LogP contribution in [-0.4, -0.2) is 40.5 Å². The number of nitrogens with zero attached hydrogens (tertiary/aromatic N) is 3. The molecular formula is C23H20FN3O4S. The predicted molar refractivity (Wildman–Crippen MR) is 118 cm³/mol. The van der Waals surface area contributed by atoms with E-state index in [0.717, 1.165) is 5.56 Å². The van der Waals surface area contributed by atoms with Crippen molar-refractivity contribution in [2.24, 2.45) is 0 Å². The second-order valence-electron chi connectivity index (χ2n) is 6.76. The van der Waals surface area contributed by atoms with E-state index in [1.54, 1.807) is 19.4 Å². The Morgan fingerprint density at radius 1 is 1.09 bits per heavy atom. The third-order valence-electron chi connectivity index (χ3n) is 4.73. The molecule has 0 aliphatic carbocycles. The molecule has 0 saturated heterocycles. The fraction of sp³-hybridized carbons (Fsp3) is 0.174. The number of methoxy groups -OCH3 is 2. The van der Waals surface area contributed by atoms with E-state index in [0.29, 0.717) is 34.8 Å². The molecule has 0 aliphatic heterocycles. The van der Waals surface area contributed by atoms with Crippen molar-refractivity contribution >= 4 is 17.5 Å². The normalized spacial score (nSPS) is 10.8. The number of Topliss-reactive ketones (excluding diaryl/α,β-unsaturated/α-hetero) is 1. The van der Waals surface area contributed by atoms with Gasteiger partial charge in [0.15, 0.2) is 16.8 Å². The molecule has 0 aliphatic rings. The molecule has 2 heterocycles. The van der Waals surface area contributed by atoms with Gasteiger partial charge in [-0.25, -0.2) is 4.39 Å². The predicted octanol–water partition coefficient (Wildman–Crippen LogP) is 4.72. The third-order valence-corrected chi connectivity index (χ3v) is 5.70. The molecule has 2 aromatic carbocycles. The summed E-state index contributed by atoms with van der Waals surface area (Å²) in [5.41, 5.74) is 0.999. The Hall–Kier alpha value is -3.59. The van der Waals surface area contributed by atoms with Crippen LogP contribution in [0.3, 0.4) is 0 Å². The van der Waals surface area contributed by atoms with Crippen LogP contribution in [0.4, 0.5) is 4.39 Å². The molecule has 0 amide bonds. The molecule has 0 radical (unpaired) electrons. The minimum atomic E-state index is -0.500. The summed E-state index contributed by atoms with van der Waals surface area (Å²) in [6, 6.07) is 15.0. The molecule has 32 heavy (non-hydrogen) atoms. The van der Waals surface area contributed by atoms with Gasteiger partial charge in [-0.15, -0.1) is 10.2 Å². The molecule has 7 nitrogen and oxygen atoms in total. The summed E-state index contributed by atoms with van der Waals surface area (Å²) in [4.78, 5) is 12.8. The number of thioether (sulfide) groups is 1. The fourth-order valence-electron chi connectivity index (χ4n) is 3.18. The summed E-state index contributed by atoms with van der Waals surface area (Å²) in [5, 5.41) is 9.16. The molecule has 0 N–H and O–H groups in total. The van der Waals surface area contributed by atoms with Crippen molar-refractivity contribution in [1.29, 1.82) is 0 Å². The number of carbonyl (C=O) groups is 1. The molecule has 0 saturated carbocycles. The van der Waals surface area contributed by atoms with Crippen LogP contribution in [0, 0.1) is 5.82 Å². The number of ether oxygens (including phenoxy) is 2. The van der Waals surface area contributed by atoms with E-state index in [1.165, 1.54) is 37.1 Å². The molecule has 0 atom stereocenters. The first-order chi connectivity index (χ1) is 15.6. The second kappa shape index (κ2) is 9.69. The molecule has 9 heteroatoms. The van der Waals surface area contributed by atoms with E-state index in [2.05, 4.69) is 10.2 Å². The summed E-state index contributed by atoms with van der Waals surface area (Å²) >= 11 is 1.21. The lowest BCUT2D eigenvalue weighted by molar-refractivity contribution is 0.101. The summed E-state index contributed by atoms with van der Waals surface area (Å²) in [7, 11) is 3.04.